The van der Waals surface area contributed by atoms with Crippen LogP contribution >= 0.6 is 11.3 Å². The van der Waals surface area contributed by atoms with E-state index in [-0.39, 0.29) is 0 Å². The van der Waals surface area contributed by atoms with E-state index >= 15 is 0 Å². The van der Waals surface area contributed by atoms with Crippen molar-refractivity contribution in [3.63, 3.8) is 0 Å². The second kappa shape index (κ2) is 3.53. The van der Waals surface area contributed by atoms with Crippen molar-refractivity contribution < 1.29 is 12.3 Å². The number of hydrogen-bond donors (Lipinski definition) is 0. The fraction of sp³-hybridized carbons (Fsp3) is 0.222. The molecule has 0 aliphatic carbocycles. The number of fused-ring (bicyclic) bond motifs is 1. The number of benzene rings is 1. The van der Waals surface area contributed by atoms with Gasteiger partial charge in [0.25, 0.3) is 0 Å². The normalized spacial score (nSPS) is 14.3. The molecule has 0 bridgehead atoms. The molecule has 15 heavy (non-hydrogen) atoms. The van der Waals surface area contributed by atoms with Crippen molar-refractivity contribution in [3.05, 3.63) is 29.3 Å². The summed E-state index contributed by atoms with van der Waals surface area (Å²) in [6, 6.07) is 7.24. The summed E-state index contributed by atoms with van der Waals surface area (Å²) in [5.41, 5.74) is 0.702. The van der Waals surface area contributed by atoms with E-state index < -0.39 is 15.5 Å². The van der Waals surface area contributed by atoms with E-state index in [1.807, 2.05) is 12.1 Å². The van der Waals surface area contributed by atoms with E-state index in [1.165, 1.54) is 18.3 Å². The van der Waals surface area contributed by atoms with Gasteiger partial charge in [0.1, 0.15) is 10.3 Å². The van der Waals surface area contributed by atoms with Crippen LogP contribution < -0.4 is 0 Å². The largest absolute Gasteiger partial charge is 0.311 e. The molecule has 0 amide bonds. The maximum absolute atomic E-state index is 12.7. The van der Waals surface area contributed by atoms with Crippen molar-refractivity contribution in [2.75, 3.05) is 0 Å². The van der Waals surface area contributed by atoms with Gasteiger partial charge in [-0.25, -0.2) is 4.98 Å². The standard InChI is InChI=1S/C9H8FNO2S2/c1-6(15(10,12)13)9-11-7-4-2-3-5-8(7)14-9/h2-6H,1H3. The second-order valence-electron chi connectivity index (χ2n) is 3.14. The molecule has 0 saturated carbocycles. The molecule has 6 heteroatoms. The molecule has 3 nitrogen and oxygen atoms in total. The molecule has 0 saturated heterocycles. The van der Waals surface area contributed by atoms with Gasteiger partial charge < -0.3 is 0 Å². The highest BCUT2D eigenvalue weighted by molar-refractivity contribution is 7.86. The lowest BCUT2D eigenvalue weighted by Gasteiger charge is -1.99. The average Bonchev–Trinajstić information content (AvgIpc) is 2.58. The third-order valence-corrected chi connectivity index (χ3v) is 4.52. The van der Waals surface area contributed by atoms with Crippen LogP contribution in [-0.4, -0.2) is 13.4 Å². The average molecular weight is 245 g/mol. The number of nitrogens with zero attached hydrogens (tertiary/aromatic N) is 1. The van der Waals surface area contributed by atoms with Gasteiger partial charge in [-0.05, 0) is 19.1 Å². The Labute approximate surface area is 90.8 Å². The lowest BCUT2D eigenvalue weighted by Crippen LogP contribution is -2.02. The molecule has 1 heterocycles. The molecule has 2 aromatic rings. The Morgan fingerprint density at radius 3 is 2.67 bits per heavy atom. The highest BCUT2D eigenvalue weighted by Gasteiger charge is 2.24. The highest BCUT2D eigenvalue weighted by Crippen LogP contribution is 2.30. The Morgan fingerprint density at radius 1 is 1.40 bits per heavy atom. The molecule has 2 rings (SSSR count). The van der Waals surface area contributed by atoms with Crippen molar-refractivity contribution in [3.8, 4) is 0 Å². The number of rotatable bonds is 2. The number of hydrogen-bond acceptors (Lipinski definition) is 4. The van der Waals surface area contributed by atoms with Crippen molar-refractivity contribution in [1.29, 1.82) is 0 Å². The Balaban J connectivity index is 2.54. The lowest BCUT2D eigenvalue weighted by molar-refractivity contribution is 0.540. The molecule has 1 atom stereocenters. The van der Waals surface area contributed by atoms with E-state index in [9.17, 15) is 12.3 Å². The van der Waals surface area contributed by atoms with E-state index in [0.29, 0.717) is 10.5 Å². The molecular formula is C9H8FNO2S2. The van der Waals surface area contributed by atoms with Crippen LogP contribution in [0.1, 0.15) is 17.2 Å². The van der Waals surface area contributed by atoms with Gasteiger partial charge in [0.05, 0.1) is 10.2 Å². The van der Waals surface area contributed by atoms with Gasteiger partial charge in [-0.15, -0.1) is 15.2 Å². The Hall–Kier alpha value is -1.01. The zero-order valence-corrected chi connectivity index (χ0v) is 9.48. The number of thiazole rings is 1. The van der Waals surface area contributed by atoms with Crippen molar-refractivity contribution in [2.24, 2.45) is 0 Å². The first kappa shape index (κ1) is 10.5. The highest BCUT2D eigenvalue weighted by atomic mass is 32.3. The van der Waals surface area contributed by atoms with Crippen LogP contribution in [0.2, 0.25) is 0 Å². The monoisotopic (exact) mass is 245 g/mol. The van der Waals surface area contributed by atoms with Crippen LogP contribution in [0, 0.1) is 0 Å². The molecule has 0 fully saturated rings. The van der Waals surface area contributed by atoms with Crippen molar-refractivity contribution in [1.82, 2.24) is 4.98 Å². The van der Waals surface area contributed by atoms with Crippen LogP contribution in [0.5, 0.6) is 0 Å². The van der Waals surface area contributed by atoms with Gasteiger partial charge in [0, 0.05) is 0 Å². The summed E-state index contributed by atoms with van der Waals surface area (Å²) in [4.78, 5) is 4.08. The predicted octanol–water partition coefficient (Wildman–Crippen LogP) is 2.66. The molecule has 1 aromatic carbocycles. The summed E-state index contributed by atoms with van der Waals surface area (Å²) in [5.74, 6) is 0. The SMILES string of the molecule is CC(c1nc2ccccc2s1)S(=O)(=O)F. The molecule has 80 valence electrons. The first-order chi connectivity index (χ1) is 6.98. The zero-order chi connectivity index (χ0) is 11.1. The maximum Gasteiger partial charge on any atom is 0.311 e. The van der Waals surface area contributed by atoms with Crippen LogP contribution in [0.15, 0.2) is 24.3 Å². The van der Waals surface area contributed by atoms with E-state index in [2.05, 4.69) is 4.98 Å². The number of aromatic nitrogens is 1. The van der Waals surface area contributed by atoms with E-state index in [1.54, 1.807) is 12.1 Å². The maximum atomic E-state index is 12.7. The summed E-state index contributed by atoms with van der Waals surface area (Å²) in [6.45, 7) is 1.30. The van der Waals surface area contributed by atoms with Crippen LogP contribution in [0.25, 0.3) is 10.2 Å². The summed E-state index contributed by atoms with van der Waals surface area (Å²) in [7, 11) is -4.56. The Morgan fingerprint density at radius 2 is 2.07 bits per heavy atom. The summed E-state index contributed by atoms with van der Waals surface area (Å²) < 4.78 is 35.0. The van der Waals surface area contributed by atoms with E-state index in [0.717, 1.165) is 4.70 Å². The van der Waals surface area contributed by atoms with Gasteiger partial charge in [-0.2, -0.15) is 8.42 Å². The first-order valence-electron chi connectivity index (χ1n) is 4.27. The molecule has 0 radical (unpaired) electrons. The minimum absolute atomic E-state index is 0.290. The van der Waals surface area contributed by atoms with E-state index in [4.69, 9.17) is 0 Å². The molecule has 0 aliphatic heterocycles. The van der Waals surface area contributed by atoms with Crippen LogP contribution in [-0.2, 0) is 10.2 Å². The van der Waals surface area contributed by atoms with Gasteiger partial charge in [0.15, 0.2) is 0 Å². The summed E-state index contributed by atoms with van der Waals surface area (Å²) in [6.07, 6.45) is 0. The number of para-hydroxylation sites is 1. The van der Waals surface area contributed by atoms with Crippen LogP contribution in [0.3, 0.4) is 0 Å². The molecule has 0 spiro atoms. The molecular weight excluding hydrogens is 237 g/mol. The van der Waals surface area contributed by atoms with Crippen molar-refractivity contribution >= 4 is 31.8 Å². The smallest absolute Gasteiger partial charge is 0.240 e. The summed E-state index contributed by atoms with van der Waals surface area (Å²) >= 11 is 1.20. The molecule has 0 N–H and O–H groups in total. The van der Waals surface area contributed by atoms with Gasteiger partial charge >= 0.3 is 10.2 Å². The van der Waals surface area contributed by atoms with Gasteiger partial charge in [0.2, 0.25) is 0 Å². The zero-order valence-electron chi connectivity index (χ0n) is 7.84. The number of halogens is 1. The Kier molecular flexibility index (Phi) is 2.47. The van der Waals surface area contributed by atoms with Gasteiger partial charge in [-0.1, -0.05) is 12.1 Å². The van der Waals surface area contributed by atoms with Gasteiger partial charge in [-0.3, -0.25) is 0 Å². The fourth-order valence-corrected chi connectivity index (χ4v) is 2.87. The molecule has 1 unspecified atom stereocenters. The minimum Gasteiger partial charge on any atom is -0.240 e. The fourth-order valence-electron chi connectivity index (χ4n) is 1.18. The second-order valence-corrected chi connectivity index (χ2v) is 5.86. The third-order valence-electron chi connectivity index (χ3n) is 2.08. The molecule has 1 aromatic heterocycles. The Bertz CT molecular complexity index is 558. The van der Waals surface area contributed by atoms with Crippen LogP contribution in [0.4, 0.5) is 3.89 Å². The lowest BCUT2D eigenvalue weighted by atomic mass is 10.3. The van der Waals surface area contributed by atoms with Crippen molar-refractivity contribution in [2.45, 2.75) is 12.2 Å². The first-order valence-corrected chi connectivity index (χ1v) is 6.54. The molecule has 0 aliphatic rings. The predicted molar refractivity (Wildman–Crippen MR) is 58.1 cm³/mol. The third kappa shape index (κ3) is 2.00. The quantitative estimate of drug-likeness (QED) is 0.764. The topological polar surface area (TPSA) is 47.0 Å². The summed E-state index contributed by atoms with van der Waals surface area (Å²) in [5, 5.41) is -0.895. The minimum atomic E-state index is -4.56.